The van der Waals surface area contributed by atoms with Crippen LogP contribution < -0.4 is 5.32 Å². The third kappa shape index (κ3) is 1.88. The van der Waals surface area contributed by atoms with Crippen molar-refractivity contribution in [3.8, 4) is 0 Å². The van der Waals surface area contributed by atoms with Gasteiger partial charge in [-0.25, -0.2) is 4.39 Å². The molecule has 0 fully saturated rings. The number of aryl methyl sites for hydroxylation is 1. The topological polar surface area (TPSA) is 25.2 Å². The zero-order chi connectivity index (χ0) is 10.8. The molecule has 0 radical (unpaired) electrons. The molecule has 0 aliphatic rings. The van der Waals surface area contributed by atoms with Crippen LogP contribution in [0.2, 0.25) is 0 Å². The third-order valence-electron chi connectivity index (χ3n) is 2.45. The molecular weight excluding hydrogens is 193 g/mol. The van der Waals surface area contributed by atoms with Gasteiger partial charge in [0.05, 0.1) is 6.54 Å². The van der Waals surface area contributed by atoms with E-state index in [0.29, 0.717) is 12.1 Å². The Labute approximate surface area is 88.1 Å². The normalized spacial score (nSPS) is 11.1. The molecule has 0 amide bonds. The number of halogens is 1. The minimum absolute atomic E-state index is 0.293. The van der Waals surface area contributed by atoms with Crippen LogP contribution in [0, 0.1) is 12.7 Å². The predicted molar refractivity (Wildman–Crippen MR) is 58.3 cm³/mol. The van der Waals surface area contributed by atoms with Crippen LogP contribution in [0.15, 0.2) is 22.6 Å². The van der Waals surface area contributed by atoms with Crippen molar-refractivity contribution < 1.29 is 8.81 Å². The van der Waals surface area contributed by atoms with E-state index in [1.807, 2.05) is 19.9 Å². The fraction of sp³-hybridized carbons (Fsp3) is 0.333. The molecule has 80 valence electrons. The Morgan fingerprint density at radius 2 is 2.20 bits per heavy atom. The first-order valence-corrected chi connectivity index (χ1v) is 5.10. The molecule has 2 nitrogen and oxygen atoms in total. The summed E-state index contributed by atoms with van der Waals surface area (Å²) in [7, 11) is 0. The van der Waals surface area contributed by atoms with Gasteiger partial charge in [0, 0.05) is 5.39 Å². The number of benzene rings is 1. The highest BCUT2D eigenvalue weighted by molar-refractivity contribution is 5.82. The van der Waals surface area contributed by atoms with Crippen LogP contribution in [0.4, 0.5) is 4.39 Å². The summed E-state index contributed by atoms with van der Waals surface area (Å²) >= 11 is 0. The van der Waals surface area contributed by atoms with Gasteiger partial charge in [0.2, 0.25) is 0 Å². The van der Waals surface area contributed by atoms with Crippen molar-refractivity contribution in [1.29, 1.82) is 0 Å². The monoisotopic (exact) mass is 207 g/mol. The molecule has 0 aliphatic carbocycles. The van der Waals surface area contributed by atoms with Crippen LogP contribution in [0.25, 0.3) is 11.0 Å². The van der Waals surface area contributed by atoms with Gasteiger partial charge < -0.3 is 9.73 Å². The van der Waals surface area contributed by atoms with Gasteiger partial charge in [0.25, 0.3) is 0 Å². The minimum atomic E-state index is -0.293. The highest BCUT2D eigenvalue weighted by Crippen LogP contribution is 2.25. The Morgan fingerprint density at radius 1 is 1.40 bits per heavy atom. The molecule has 2 rings (SSSR count). The van der Waals surface area contributed by atoms with Gasteiger partial charge in [0.1, 0.15) is 5.76 Å². The first-order valence-electron chi connectivity index (χ1n) is 5.10. The van der Waals surface area contributed by atoms with E-state index in [2.05, 4.69) is 5.32 Å². The molecule has 0 aliphatic heterocycles. The summed E-state index contributed by atoms with van der Waals surface area (Å²) in [6, 6.07) is 5.11. The fourth-order valence-electron chi connectivity index (χ4n) is 1.61. The molecule has 15 heavy (non-hydrogen) atoms. The number of rotatable bonds is 3. The van der Waals surface area contributed by atoms with E-state index in [4.69, 9.17) is 4.42 Å². The maximum absolute atomic E-state index is 13.4. The SMILES string of the molecule is CCNCc1cc2c(C)ccc(F)c2o1. The molecule has 0 spiro atoms. The van der Waals surface area contributed by atoms with E-state index in [-0.39, 0.29) is 5.82 Å². The minimum Gasteiger partial charge on any atom is -0.457 e. The van der Waals surface area contributed by atoms with Gasteiger partial charge in [-0.3, -0.25) is 0 Å². The third-order valence-corrected chi connectivity index (χ3v) is 2.45. The number of hydrogen-bond donors (Lipinski definition) is 1. The van der Waals surface area contributed by atoms with Crippen molar-refractivity contribution in [2.75, 3.05) is 6.54 Å². The number of fused-ring (bicyclic) bond motifs is 1. The maximum atomic E-state index is 13.4. The summed E-state index contributed by atoms with van der Waals surface area (Å²) in [6.45, 7) is 5.49. The van der Waals surface area contributed by atoms with Crippen LogP contribution in [0.5, 0.6) is 0 Å². The molecule has 1 N–H and O–H groups in total. The summed E-state index contributed by atoms with van der Waals surface area (Å²) < 4.78 is 18.8. The molecule has 0 saturated carbocycles. The van der Waals surface area contributed by atoms with Crippen molar-refractivity contribution in [1.82, 2.24) is 5.32 Å². The van der Waals surface area contributed by atoms with Crippen molar-refractivity contribution in [2.45, 2.75) is 20.4 Å². The lowest BCUT2D eigenvalue weighted by Gasteiger charge is -1.95. The molecule has 0 bridgehead atoms. The second kappa shape index (κ2) is 4.03. The van der Waals surface area contributed by atoms with Gasteiger partial charge in [-0.05, 0) is 31.2 Å². The van der Waals surface area contributed by atoms with E-state index in [1.165, 1.54) is 6.07 Å². The van der Waals surface area contributed by atoms with Crippen LogP contribution in [-0.4, -0.2) is 6.54 Å². The Hall–Kier alpha value is -1.35. The molecule has 3 heteroatoms. The van der Waals surface area contributed by atoms with Crippen LogP contribution in [0.1, 0.15) is 18.2 Å². The van der Waals surface area contributed by atoms with Crippen molar-refractivity contribution in [3.05, 3.63) is 35.3 Å². The average molecular weight is 207 g/mol. The van der Waals surface area contributed by atoms with E-state index in [0.717, 1.165) is 23.3 Å². The fourth-order valence-corrected chi connectivity index (χ4v) is 1.61. The summed E-state index contributed by atoms with van der Waals surface area (Å²) in [5, 5.41) is 4.01. The molecule has 0 unspecified atom stereocenters. The van der Waals surface area contributed by atoms with Gasteiger partial charge in [-0.15, -0.1) is 0 Å². The van der Waals surface area contributed by atoms with E-state index >= 15 is 0 Å². The van der Waals surface area contributed by atoms with Gasteiger partial charge >= 0.3 is 0 Å². The summed E-state index contributed by atoms with van der Waals surface area (Å²) in [6.07, 6.45) is 0. The van der Waals surface area contributed by atoms with E-state index in [9.17, 15) is 4.39 Å². The smallest absolute Gasteiger partial charge is 0.170 e. The Kier molecular flexibility index (Phi) is 2.73. The Balaban J connectivity index is 2.45. The lowest BCUT2D eigenvalue weighted by Crippen LogP contribution is -2.10. The lowest BCUT2D eigenvalue weighted by molar-refractivity contribution is 0.499. The van der Waals surface area contributed by atoms with Crippen LogP contribution >= 0.6 is 0 Å². The Bertz CT molecular complexity index is 437. The molecule has 0 atom stereocenters. The van der Waals surface area contributed by atoms with Crippen molar-refractivity contribution in [2.24, 2.45) is 0 Å². The zero-order valence-electron chi connectivity index (χ0n) is 8.93. The summed E-state index contributed by atoms with van der Waals surface area (Å²) in [4.78, 5) is 0. The van der Waals surface area contributed by atoms with Crippen molar-refractivity contribution >= 4 is 11.0 Å². The number of furan rings is 1. The van der Waals surface area contributed by atoms with E-state index < -0.39 is 0 Å². The molecule has 1 heterocycles. The Morgan fingerprint density at radius 3 is 2.87 bits per heavy atom. The molecule has 1 aromatic carbocycles. The second-order valence-corrected chi connectivity index (χ2v) is 3.60. The number of hydrogen-bond acceptors (Lipinski definition) is 2. The average Bonchev–Trinajstić information content (AvgIpc) is 2.66. The second-order valence-electron chi connectivity index (χ2n) is 3.60. The molecular formula is C12H14FNO. The maximum Gasteiger partial charge on any atom is 0.170 e. The van der Waals surface area contributed by atoms with Crippen molar-refractivity contribution in [3.63, 3.8) is 0 Å². The van der Waals surface area contributed by atoms with Gasteiger partial charge in [0.15, 0.2) is 11.4 Å². The van der Waals surface area contributed by atoms with E-state index in [1.54, 1.807) is 6.07 Å². The summed E-state index contributed by atoms with van der Waals surface area (Å²) in [5.74, 6) is 0.485. The van der Waals surface area contributed by atoms with Gasteiger partial charge in [-0.2, -0.15) is 0 Å². The predicted octanol–water partition coefficient (Wildman–Crippen LogP) is 2.99. The first-order chi connectivity index (χ1) is 7.22. The first kappa shape index (κ1) is 10.2. The summed E-state index contributed by atoms with van der Waals surface area (Å²) in [5.41, 5.74) is 1.40. The standard InChI is InChI=1S/C12H14FNO/c1-3-14-7-9-6-10-8(2)4-5-11(13)12(10)15-9/h4-6,14H,3,7H2,1-2H3. The highest BCUT2D eigenvalue weighted by Gasteiger charge is 2.09. The largest absolute Gasteiger partial charge is 0.457 e. The lowest BCUT2D eigenvalue weighted by atomic mass is 10.1. The zero-order valence-corrected chi connectivity index (χ0v) is 8.93. The van der Waals surface area contributed by atoms with Gasteiger partial charge in [-0.1, -0.05) is 13.0 Å². The highest BCUT2D eigenvalue weighted by atomic mass is 19.1. The number of nitrogens with one attached hydrogen (secondary N) is 1. The molecule has 0 saturated heterocycles. The van der Waals surface area contributed by atoms with Crippen LogP contribution in [-0.2, 0) is 6.54 Å². The quantitative estimate of drug-likeness (QED) is 0.837. The van der Waals surface area contributed by atoms with Crippen LogP contribution in [0.3, 0.4) is 0 Å². The molecule has 1 aromatic heterocycles. The molecule has 2 aromatic rings.